The van der Waals surface area contributed by atoms with Crippen molar-refractivity contribution >= 4 is 0 Å². The normalized spacial score (nSPS) is 12.1. The minimum absolute atomic E-state index is 0.457. The van der Waals surface area contributed by atoms with Crippen LogP contribution in [0, 0.1) is 0 Å². The summed E-state index contributed by atoms with van der Waals surface area (Å²) in [5.41, 5.74) is 2.09. The van der Waals surface area contributed by atoms with Gasteiger partial charge in [-0.25, -0.2) is 4.98 Å². The summed E-state index contributed by atoms with van der Waals surface area (Å²) < 4.78 is 5.95. The van der Waals surface area contributed by atoms with E-state index < -0.39 is 0 Å². The fourth-order valence-corrected chi connectivity index (χ4v) is 2.09. The number of aromatic nitrogens is 2. The van der Waals surface area contributed by atoms with Crippen LogP contribution in [0.3, 0.4) is 0 Å². The maximum absolute atomic E-state index is 5.95. The Balaban J connectivity index is 2.18. The van der Waals surface area contributed by atoms with Crippen molar-refractivity contribution in [2.24, 2.45) is 0 Å². The molecule has 2 rings (SSSR count). The molecule has 1 heterocycles. The first-order valence-corrected chi connectivity index (χ1v) is 7.53. The van der Waals surface area contributed by atoms with Gasteiger partial charge in [-0.1, -0.05) is 39.0 Å². The molecular weight excluding hydrogens is 262 g/mol. The molecule has 1 N–H and O–H groups in total. The maximum atomic E-state index is 5.95. The van der Waals surface area contributed by atoms with Crippen LogP contribution in [0.4, 0.5) is 0 Å². The Labute approximate surface area is 126 Å². The van der Waals surface area contributed by atoms with Crippen molar-refractivity contribution in [2.75, 3.05) is 6.54 Å². The Kier molecular flexibility index (Phi) is 5.69. The van der Waals surface area contributed by atoms with Gasteiger partial charge in [0, 0.05) is 12.7 Å². The molecule has 4 nitrogen and oxygen atoms in total. The van der Waals surface area contributed by atoms with Gasteiger partial charge in [-0.15, -0.1) is 0 Å². The molecule has 112 valence electrons. The molecule has 0 radical (unpaired) electrons. The quantitative estimate of drug-likeness (QED) is 0.838. The topological polar surface area (TPSA) is 47.0 Å². The Morgan fingerprint density at radius 1 is 1.19 bits per heavy atom. The fraction of sp³-hybridized carbons (Fsp3) is 0.412. The number of nitrogens with zero attached hydrogens (tertiary/aromatic N) is 2. The number of ether oxygens (including phenoxy) is 1. The predicted molar refractivity (Wildman–Crippen MR) is 84.6 cm³/mol. The van der Waals surface area contributed by atoms with Crippen molar-refractivity contribution in [3.63, 3.8) is 0 Å². The standard InChI is InChI=1S/C17H23N3O/c1-4-13(3)15-8-6-7-9-16(15)21-17-12-19-11-14(20-17)10-18-5-2/h6-9,11-13,18H,4-5,10H2,1-3H3. The van der Waals surface area contributed by atoms with Crippen LogP contribution in [0.1, 0.15) is 44.4 Å². The van der Waals surface area contributed by atoms with E-state index in [1.54, 1.807) is 12.4 Å². The molecule has 21 heavy (non-hydrogen) atoms. The molecule has 1 unspecified atom stereocenters. The Bertz CT molecular complexity index is 571. The maximum Gasteiger partial charge on any atom is 0.238 e. The summed E-state index contributed by atoms with van der Waals surface area (Å²) in [6.45, 7) is 8.06. The van der Waals surface area contributed by atoms with Crippen molar-refractivity contribution in [1.82, 2.24) is 15.3 Å². The first kappa shape index (κ1) is 15.4. The number of rotatable bonds is 7. The summed E-state index contributed by atoms with van der Waals surface area (Å²) in [5, 5.41) is 3.24. The molecule has 2 aromatic rings. The molecule has 1 aromatic carbocycles. The molecule has 1 atom stereocenters. The molecule has 1 aromatic heterocycles. The van der Waals surface area contributed by atoms with Crippen molar-refractivity contribution in [3.05, 3.63) is 47.9 Å². The SMILES string of the molecule is CCNCc1cncc(Oc2ccccc2C(C)CC)n1. The van der Waals surface area contributed by atoms with Crippen LogP contribution in [0.15, 0.2) is 36.7 Å². The van der Waals surface area contributed by atoms with Crippen molar-refractivity contribution in [1.29, 1.82) is 0 Å². The van der Waals surface area contributed by atoms with Gasteiger partial charge < -0.3 is 10.1 Å². The third kappa shape index (κ3) is 4.26. The van der Waals surface area contributed by atoms with Crippen LogP contribution >= 0.6 is 0 Å². The van der Waals surface area contributed by atoms with Gasteiger partial charge in [-0.05, 0) is 30.5 Å². The molecular formula is C17H23N3O. The molecule has 0 bridgehead atoms. The third-order valence-corrected chi connectivity index (χ3v) is 3.50. The van der Waals surface area contributed by atoms with E-state index >= 15 is 0 Å². The van der Waals surface area contributed by atoms with Gasteiger partial charge in [0.1, 0.15) is 5.75 Å². The van der Waals surface area contributed by atoms with E-state index in [9.17, 15) is 0 Å². The number of benzene rings is 1. The summed E-state index contributed by atoms with van der Waals surface area (Å²) in [6, 6.07) is 8.12. The van der Waals surface area contributed by atoms with E-state index in [0.29, 0.717) is 18.3 Å². The van der Waals surface area contributed by atoms with Gasteiger partial charge in [-0.3, -0.25) is 4.98 Å². The molecule has 0 aliphatic carbocycles. The van der Waals surface area contributed by atoms with Gasteiger partial charge in [0.15, 0.2) is 0 Å². The lowest BCUT2D eigenvalue weighted by molar-refractivity contribution is 0.446. The molecule has 0 aliphatic heterocycles. The van der Waals surface area contributed by atoms with E-state index in [1.807, 2.05) is 18.2 Å². The fourth-order valence-electron chi connectivity index (χ4n) is 2.09. The highest BCUT2D eigenvalue weighted by molar-refractivity contribution is 5.38. The van der Waals surface area contributed by atoms with Crippen LogP contribution in [0.5, 0.6) is 11.6 Å². The monoisotopic (exact) mass is 285 g/mol. The molecule has 0 spiro atoms. The molecule has 0 fully saturated rings. The Morgan fingerprint density at radius 2 is 2.00 bits per heavy atom. The third-order valence-electron chi connectivity index (χ3n) is 3.50. The number of para-hydroxylation sites is 1. The summed E-state index contributed by atoms with van der Waals surface area (Å²) in [7, 11) is 0. The molecule has 0 saturated heterocycles. The minimum atomic E-state index is 0.457. The second-order valence-corrected chi connectivity index (χ2v) is 5.08. The highest BCUT2D eigenvalue weighted by atomic mass is 16.5. The number of hydrogen-bond donors (Lipinski definition) is 1. The number of hydrogen-bond acceptors (Lipinski definition) is 4. The van der Waals surface area contributed by atoms with Crippen LogP contribution in [-0.4, -0.2) is 16.5 Å². The van der Waals surface area contributed by atoms with Gasteiger partial charge in [-0.2, -0.15) is 0 Å². The van der Waals surface area contributed by atoms with Gasteiger partial charge in [0.2, 0.25) is 5.88 Å². The molecule has 4 heteroatoms. The lowest BCUT2D eigenvalue weighted by atomic mass is 9.98. The summed E-state index contributed by atoms with van der Waals surface area (Å²) in [5.74, 6) is 1.86. The largest absolute Gasteiger partial charge is 0.437 e. The smallest absolute Gasteiger partial charge is 0.238 e. The van der Waals surface area contributed by atoms with Gasteiger partial charge in [0.05, 0.1) is 11.9 Å². The van der Waals surface area contributed by atoms with Crippen molar-refractivity contribution < 1.29 is 4.74 Å². The number of nitrogens with one attached hydrogen (secondary N) is 1. The van der Waals surface area contributed by atoms with Crippen LogP contribution < -0.4 is 10.1 Å². The zero-order chi connectivity index (χ0) is 15.1. The van der Waals surface area contributed by atoms with E-state index in [4.69, 9.17) is 4.74 Å². The zero-order valence-corrected chi connectivity index (χ0v) is 13.0. The Morgan fingerprint density at radius 3 is 2.76 bits per heavy atom. The lowest BCUT2D eigenvalue weighted by Gasteiger charge is -2.15. The summed E-state index contributed by atoms with van der Waals surface area (Å²) >= 11 is 0. The first-order valence-electron chi connectivity index (χ1n) is 7.53. The minimum Gasteiger partial charge on any atom is -0.437 e. The first-order chi connectivity index (χ1) is 10.2. The highest BCUT2D eigenvalue weighted by Crippen LogP contribution is 2.31. The van der Waals surface area contributed by atoms with E-state index in [1.165, 1.54) is 5.56 Å². The summed E-state index contributed by atoms with van der Waals surface area (Å²) in [4.78, 5) is 8.69. The average molecular weight is 285 g/mol. The van der Waals surface area contributed by atoms with Gasteiger partial charge in [0.25, 0.3) is 0 Å². The van der Waals surface area contributed by atoms with E-state index in [0.717, 1.165) is 24.4 Å². The summed E-state index contributed by atoms with van der Waals surface area (Å²) in [6.07, 6.45) is 4.49. The molecule has 0 amide bonds. The molecule has 0 aliphatic rings. The van der Waals surface area contributed by atoms with E-state index in [2.05, 4.69) is 42.1 Å². The van der Waals surface area contributed by atoms with Crippen molar-refractivity contribution in [2.45, 2.75) is 39.7 Å². The molecule has 0 saturated carbocycles. The van der Waals surface area contributed by atoms with E-state index in [-0.39, 0.29) is 0 Å². The van der Waals surface area contributed by atoms with Crippen molar-refractivity contribution in [3.8, 4) is 11.6 Å². The highest BCUT2D eigenvalue weighted by Gasteiger charge is 2.11. The van der Waals surface area contributed by atoms with Crippen LogP contribution in [-0.2, 0) is 6.54 Å². The van der Waals surface area contributed by atoms with Crippen LogP contribution in [0.25, 0.3) is 0 Å². The lowest BCUT2D eigenvalue weighted by Crippen LogP contribution is -2.13. The second kappa shape index (κ2) is 7.74. The predicted octanol–water partition coefficient (Wildman–Crippen LogP) is 3.89. The van der Waals surface area contributed by atoms with Crippen LogP contribution in [0.2, 0.25) is 0 Å². The second-order valence-electron chi connectivity index (χ2n) is 5.08. The average Bonchev–Trinajstić information content (AvgIpc) is 2.53. The zero-order valence-electron chi connectivity index (χ0n) is 13.0. The van der Waals surface area contributed by atoms with Gasteiger partial charge >= 0.3 is 0 Å². The Hall–Kier alpha value is -1.94.